The summed E-state index contributed by atoms with van der Waals surface area (Å²) in [5, 5.41) is 8.74. The summed E-state index contributed by atoms with van der Waals surface area (Å²) in [5.41, 5.74) is 0. The average molecular weight is 171 g/mol. The molecule has 0 radical (unpaired) electrons. The van der Waals surface area contributed by atoms with Crippen molar-refractivity contribution in [3.63, 3.8) is 0 Å². The number of nitrogens with zero attached hydrogens (tertiary/aromatic N) is 1. The van der Waals surface area contributed by atoms with E-state index in [1.165, 1.54) is 0 Å². The minimum Gasteiger partial charge on any atom is -0.396 e. The molecular weight excluding hydrogens is 154 g/mol. The SMILES string of the molecule is CC(=O)N1CCC[C@H](CCO)C1. The van der Waals surface area contributed by atoms with E-state index in [9.17, 15) is 4.79 Å². The van der Waals surface area contributed by atoms with Crippen molar-refractivity contribution in [2.24, 2.45) is 5.92 Å². The van der Waals surface area contributed by atoms with Gasteiger partial charge in [-0.25, -0.2) is 0 Å². The number of hydrogen-bond acceptors (Lipinski definition) is 2. The van der Waals surface area contributed by atoms with Gasteiger partial charge < -0.3 is 10.0 Å². The highest BCUT2D eigenvalue weighted by atomic mass is 16.3. The first-order valence-corrected chi connectivity index (χ1v) is 4.60. The molecule has 0 aromatic rings. The standard InChI is InChI=1S/C9H17NO2/c1-8(12)10-5-2-3-9(7-10)4-6-11/h9,11H,2-7H2,1H3/t9-/m1/s1. The first-order chi connectivity index (χ1) is 5.74. The smallest absolute Gasteiger partial charge is 0.219 e. The molecule has 0 aromatic heterocycles. The number of carbonyl (C=O) groups excluding carboxylic acids is 1. The fraction of sp³-hybridized carbons (Fsp3) is 0.889. The van der Waals surface area contributed by atoms with Crippen molar-refractivity contribution >= 4 is 5.91 Å². The molecule has 1 heterocycles. The van der Waals surface area contributed by atoms with Crippen LogP contribution in [0.2, 0.25) is 0 Å². The predicted octanol–water partition coefficient (Wildman–Crippen LogP) is 0.627. The van der Waals surface area contributed by atoms with E-state index in [1.807, 2.05) is 4.90 Å². The molecule has 70 valence electrons. The molecule has 1 saturated heterocycles. The van der Waals surface area contributed by atoms with Crippen LogP contribution in [0.3, 0.4) is 0 Å². The highest BCUT2D eigenvalue weighted by molar-refractivity contribution is 5.73. The quantitative estimate of drug-likeness (QED) is 0.662. The predicted molar refractivity (Wildman–Crippen MR) is 46.7 cm³/mol. The number of amides is 1. The zero-order valence-electron chi connectivity index (χ0n) is 7.62. The third kappa shape index (κ3) is 2.48. The highest BCUT2D eigenvalue weighted by Crippen LogP contribution is 2.18. The maximum absolute atomic E-state index is 11.0. The molecule has 1 aliphatic rings. The summed E-state index contributed by atoms with van der Waals surface area (Å²) in [7, 11) is 0. The molecule has 1 N–H and O–H groups in total. The van der Waals surface area contributed by atoms with Crippen LogP contribution in [0.15, 0.2) is 0 Å². The summed E-state index contributed by atoms with van der Waals surface area (Å²) in [6.45, 7) is 3.60. The van der Waals surface area contributed by atoms with Crippen LogP contribution in [-0.4, -0.2) is 35.6 Å². The number of piperidine rings is 1. The maximum atomic E-state index is 11.0. The van der Waals surface area contributed by atoms with Crippen LogP contribution in [0.1, 0.15) is 26.2 Å². The summed E-state index contributed by atoms with van der Waals surface area (Å²) >= 11 is 0. The molecule has 0 bridgehead atoms. The van der Waals surface area contributed by atoms with E-state index in [1.54, 1.807) is 6.92 Å². The van der Waals surface area contributed by atoms with Crippen LogP contribution in [0.5, 0.6) is 0 Å². The lowest BCUT2D eigenvalue weighted by Crippen LogP contribution is -2.38. The first kappa shape index (κ1) is 9.52. The summed E-state index contributed by atoms with van der Waals surface area (Å²) in [5.74, 6) is 0.685. The Labute approximate surface area is 73.4 Å². The van der Waals surface area contributed by atoms with Crippen LogP contribution in [0, 0.1) is 5.92 Å². The molecule has 0 saturated carbocycles. The van der Waals surface area contributed by atoms with Gasteiger partial charge in [0.1, 0.15) is 0 Å². The Bertz CT molecular complexity index is 157. The van der Waals surface area contributed by atoms with Gasteiger partial charge in [0.05, 0.1) is 0 Å². The van der Waals surface area contributed by atoms with E-state index < -0.39 is 0 Å². The Balaban J connectivity index is 2.35. The molecule has 0 unspecified atom stereocenters. The Morgan fingerprint density at radius 2 is 2.42 bits per heavy atom. The van der Waals surface area contributed by atoms with Gasteiger partial charge in [0.2, 0.25) is 5.91 Å². The number of carbonyl (C=O) groups is 1. The van der Waals surface area contributed by atoms with Crippen molar-refractivity contribution in [3.05, 3.63) is 0 Å². The molecular formula is C9H17NO2. The number of likely N-dealkylation sites (tertiary alicyclic amines) is 1. The van der Waals surface area contributed by atoms with E-state index >= 15 is 0 Å². The van der Waals surface area contributed by atoms with Crippen LogP contribution in [-0.2, 0) is 4.79 Å². The third-order valence-corrected chi connectivity index (χ3v) is 2.50. The van der Waals surface area contributed by atoms with Gasteiger partial charge in [0.15, 0.2) is 0 Å². The molecule has 0 aromatic carbocycles. The van der Waals surface area contributed by atoms with Crippen molar-refractivity contribution in [1.29, 1.82) is 0 Å². The van der Waals surface area contributed by atoms with E-state index in [0.29, 0.717) is 5.92 Å². The highest BCUT2D eigenvalue weighted by Gasteiger charge is 2.20. The van der Waals surface area contributed by atoms with Gasteiger partial charge in [-0.2, -0.15) is 0 Å². The second-order valence-corrected chi connectivity index (χ2v) is 3.49. The van der Waals surface area contributed by atoms with Gasteiger partial charge in [-0.3, -0.25) is 4.79 Å². The molecule has 1 fully saturated rings. The van der Waals surface area contributed by atoms with Gasteiger partial charge in [-0.15, -0.1) is 0 Å². The van der Waals surface area contributed by atoms with Crippen LogP contribution < -0.4 is 0 Å². The van der Waals surface area contributed by atoms with Crippen LogP contribution >= 0.6 is 0 Å². The summed E-state index contributed by atoms with van der Waals surface area (Å²) in [6, 6.07) is 0. The van der Waals surface area contributed by atoms with Gasteiger partial charge in [-0.05, 0) is 25.2 Å². The van der Waals surface area contributed by atoms with Crippen molar-refractivity contribution in [3.8, 4) is 0 Å². The monoisotopic (exact) mass is 171 g/mol. The fourth-order valence-corrected chi connectivity index (χ4v) is 1.77. The molecule has 1 amide bonds. The number of aliphatic hydroxyl groups excluding tert-OH is 1. The largest absolute Gasteiger partial charge is 0.396 e. The molecule has 1 aliphatic heterocycles. The second-order valence-electron chi connectivity index (χ2n) is 3.49. The lowest BCUT2D eigenvalue weighted by Gasteiger charge is -2.31. The Morgan fingerprint density at radius 3 is 3.00 bits per heavy atom. The third-order valence-electron chi connectivity index (χ3n) is 2.50. The normalized spacial score (nSPS) is 24.2. The average Bonchev–Trinajstić information content (AvgIpc) is 2.05. The molecule has 1 rings (SSSR count). The summed E-state index contributed by atoms with van der Waals surface area (Å²) in [4.78, 5) is 12.9. The Hall–Kier alpha value is -0.570. The number of rotatable bonds is 2. The summed E-state index contributed by atoms with van der Waals surface area (Å²) in [6.07, 6.45) is 3.08. The Morgan fingerprint density at radius 1 is 1.67 bits per heavy atom. The van der Waals surface area contributed by atoms with E-state index in [2.05, 4.69) is 0 Å². The molecule has 12 heavy (non-hydrogen) atoms. The van der Waals surface area contributed by atoms with E-state index in [0.717, 1.165) is 32.4 Å². The van der Waals surface area contributed by atoms with Crippen LogP contribution in [0.25, 0.3) is 0 Å². The number of hydrogen-bond donors (Lipinski definition) is 1. The van der Waals surface area contributed by atoms with Gasteiger partial charge in [-0.1, -0.05) is 0 Å². The lowest BCUT2D eigenvalue weighted by molar-refractivity contribution is -0.130. The zero-order valence-corrected chi connectivity index (χ0v) is 7.62. The maximum Gasteiger partial charge on any atom is 0.219 e. The van der Waals surface area contributed by atoms with Crippen molar-refractivity contribution in [2.45, 2.75) is 26.2 Å². The van der Waals surface area contributed by atoms with Gasteiger partial charge in [0, 0.05) is 26.6 Å². The molecule has 0 spiro atoms. The Kier molecular flexibility index (Phi) is 3.53. The zero-order chi connectivity index (χ0) is 8.97. The number of aliphatic hydroxyl groups is 1. The molecule has 3 nitrogen and oxygen atoms in total. The molecule has 3 heteroatoms. The topological polar surface area (TPSA) is 40.5 Å². The van der Waals surface area contributed by atoms with Gasteiger partial charge >= 0.3 is 0 Å². The summed E-state index contributed by atoms with van der Waals surface area (Å²) < 4.78 is 0. The fourth-order valence-electron chi connectivity index (χ4n) is 1.77. The van der Waals surface area contributed by atoms with Crippen molar-refractivity contribution in [2.75, 3.05) is 19.7 Å². The lowest BCUT2D eigenvalue weighted by atomic mass is 9.95. The molecule has 0 aliphatic carbocycles. The first-order valence-electron chi connectivity index (χ1n) is 4.60. The second kappa shape index (κ2) is 4.45. The minimum absolute atomic E-state index is 0.164. The van der Waals surface area contributed by atoms with E-state index in [4.69, 9.17) is 5.11 Å². The van der Waals surface area contributed by atoms with Crippen molar-refractivity contribution < 1.29 is 9.90 Å². The van der Waals surface area contributed by atoms with Crippen molar-refractivity contribution in [1.82, 2.24) is 4.90 Å². The van der Waals surface area contributed by atoms with Gasteiger partial charge in [0.25, 0.3) is 0 Å². The molecule has 1 atom stereocenters. The minimum atomic E-state index is 0.164. The van der Waals surface area contributed by atoms with Crippen LogP contribution in [0.4, 0.5) is 0 Å². The van der Waals surface area contributed by atoms with E-state index in [-0.39, 0.29) is 12.5 Å².